The van der Waals surface area contributed by atoms with Crippen molar-refractivity contribution in [2.24, 2.45) is 0 Å². The smallest absolute Gasteiger partial charge is 0.0613 e. The maximum Gasteiger partial charge on any atom is 0.0613 e. The van der Waals surface area contributed by atoms with Gasteiger partial charge in [-0.1, -0.05) is 102 Å². The lowest BCUT2D eigenvalue weighted by atomic mass is 10.0. The number of halogens is 1. The lowest BCUT2D eigenvalue weighted by Gasteiger charge is -2.16. The third kappa shape index (κ3) is 3.81. The van der Waals surface area contributed by atoms with Crippen LogP contribution in [0.25, 0.3) is 39.3 Å². The first kappa shape index (κ1) is 19.4. The second kappa shape index (κ2) is 8.29. The van der Waals surface area contributed by atoms with Crippen LogP contribution in [0.4, 0.5) is 0 Å². The quantitative estimate of drug-likeness (QED) is 0.275. The molecule has 0 aliphatic rings. The Hall–Kier alpha value is -3.55. The molecule has 1 nitrogen and oxygen atoms in total. The summed E-state index contributed by atoms with van der Waals surface area (Å²) >= 11 is 6.22. The predicted molar refractivity (Wildman–Crippen MR) is 132 cm³/mol. The summed E-state index contributed by atoms with van der Waals surface area (Å²) in [5.74, 6) is 0. The molecule has 0 saturated heterocycles. The minimum Gasteiger partial charge on any atom is -0.309 e. The Labute approximate surface area is 188 Å². The Kier molecular flexibility index (Phi) is 5.19. The summed E-state index contributed by atoms with van der Waals surface area (Å²) in [7, 11) is 0. The monoisotopic (exact) mass is 419 g/mol. The third-order valence-corrected chi connectivity index (χ3v) is 5.82. The zero-order chi connectivity index (χ0) is 21.2. The molecule has 0 saturated carbocycles. The van der Waals surface area contributed by atoms with Gasteiger partial charge in [0.15, 0.2) is 0 Å². The van der Waals surface area contributed by atoms with Crippen LogP contribution in [0.15, 0.2) is 115 Å². The summed E-state index contributed by atoms with van der Waals surface area (Å²) in [6.45, 7) is 2.12. The molecule has 1 aromatic heterocycles. The van der Waals surface area contributed by atoms with Crippen LogP contribution in [0, 0.1) is 6.92 Å². The fourth-order valence-electron chi connectivity index (χ4n) is 4.02. The van der Waals surface area contributed by atoms with E-state index in [0.717, 1.165) is 27.7 Å². The number of hydrogen-bond donors (Lipinski definition) is 0. The van der Waals surface area contributed by atoms with Crippen molar-refractivity contribution in [2.45, 2.75) is 6.92 Å². The molecular formula is C29H22ClN. The van der Waals surface area contributed by atoms with E-state index in [-0.39, 0.29) is 0 Å². The maximum atomic E-state index is 6.22. The van der Waals surface area contributed by atoms with Gasteiger partial charge in [0.2, 0.25) is 0 Å². The molecule has 0 spiro atoms. The Bertz CT molecular complexity index is 1200. The van der Waals surface area contributed by atoms with Gasteiger partial charge in [-0.05, 0) is 53.9 Å². The van der Waals surface area contributed by atoms with Crippen molar-refractivity contribution in [1.29, 1.82) is 0 Å². The molecule has 0 aliphatic heterocycles. The molecule has 5 rings (SSSR count). The molecule has 0 atom stereocenters. The highest BCUT2D eigenvalue weighted by Gasteiger charge is 2.20. The van der Waals surface area contributed by atoms with Gasteiger partial charge in [-0.2, -0.15) is 0 Å². The van der Waals surface area contributed by atoms with Crippen LogP contribution in [-0.4, -0.2) is 4.57 Å². The Morgan fingerprint density at radius 1 is 0.581 bits per heavy atom. The van der Waals surface area contributed by atoms with Crippen molar-refractivity contribution in [3.63, 3.8) is 0 Å². The van der Waals surface area contributed by atoms with Crippen LogP contribution >= 0.6 is 11.6 Å². The number of rotatable bonds is 4. The molecule has 1 heterocycles. The molecule has 0 N–H and O–H groups in total. The molecule has 0 unspecified atom stereocenters. The molecule has 4 aromatic carbocycles. The highest BCUT2D eigenvalue weighted by Crippen LogP contribution is 2.41. The van der Waals surface area contributed by atoms with Crippen molar-refractivity contribution in [2.75, 3.05) is 0 Å². The van der Waals surface area contributed by atoms with Gasteiger partial charge >= 0.3 is 0 Å². The molecule has 0 bridgehead atoms. The van der Waals surface area contributed by atoms with Crippen molar-refractivity contribution < 1.29 is 0 Å². The van der Waals surface area contributed by atoms with Gasteiger partial charge in [-0.25, -0.2) is 0 Å². The zero-order valence-electron chi connectivity index (χ0n) is 17.3. The fraction of sp³-hybridized carbons (Fsp3) is 0.0345. The highest BCUT2D eigenvalue weighted by atomic mass is 35.5. The fourth-order valence-corrected chi connectivity index (χ4v) is 4.15. The average molecular weight is 420 g/mol. The van der Waals surface area contributed by atoms with Crippen LogP contribution in [0.3, 0.4) is 0 Å². The van der Waals surface area contributed by atoms with Crippen molar-refractivity contribution >= 4 is 11.6 Å². The summed E-state index contributed by atoms with van der Waals surface area (Å²) in [4.78, 5) is 0. The van der Waals surface area contributed by atoms with Gasteiger partial charge in [0.1, 0.15) is 0 Å². The topological polar surface area (TPSA) is 4.93 Å². The predicted octanol–water partition coefficient (Wildman–Crippen LogP) is 8.44. The summed E-state index contributed by atoms with van der Waals surface area (Å²) in [5, 5.41) is 0.738. The number of aryl methyl sites for hydroxylation is 1. The first-order valence-electron chi connectivity index (χ1n) is 10.4. The standard InChI is InChI=1S/C29H22ClN/c1-21-12-18-26(19-13-21)31-28(23-10-6-3-7-11-23)20-27(22-8-4-2-5-9-22)29(31)24-14-16-25(30)17-15-24/h2-20H,1H3. The molecule has 0 radical (unpaired) electrons. The summed E-state index contributed by atoms with van der Waals surface area (Å²) in [5.41, 5.74) is 9.40. The normalized spacial score (nSPS) is 10.9. The Balaban J connectivity index is 1.88. The maximum absolute atomic E-state index is 6.22. The van der Waals surface area contributed by atoms with Crippen LogP contribution in [0.2, 0.25) is 5.02 Å². The van der Waals surface area contributed by atoms with Gasteiger partial charge in [-0.15, -0.1) is 0 Å². The van der Waals surface area contributed by atoms with E-state index >= 15 is 0 Å². The first-order valence-corrected chi connectivity index (χ1v) is 10.8. The Morgan fingerprint density at radius 2 is 1.16 bits per heavy atom. The second-order valence-corrected chi connectivity index (χ2v) is 8.14. The second-order valence-electron chi connectivity index (χ2n) is 7.70. The van der Waals surface area contributed by atoms with E-state index in [1.165, 1.54) is 22.3 Å². The SMILES string of the molecule is Cc1ccc(-n2c(-c3ccccc3)cc(-c3ccccc3)c2-c2ccc(Cl)cc2)cc1. The molecule has 0 aliphatic carbocycles. The molecule has 31 heavy (non-hydrogen) atoms. The minimum atomic E-state index is 0.738. The van der Waals surface area contributed by atoms with Gasteiger partial charge in [0.25, 0.3) is 0 Å². The number of aromatic nitrogens is 1. The minimum absolute atomic E-state index is 0.738. The third-order valence-electron chi connectivity index (χ3n) is 5.56. The molecule has 5 aromatic rings. The summed E-state index contributed by atoms with van der Waals surface area (Å²) in [6.07, 6.45) is 0. The highest BCUT2D eigenvalue weighted by molar-refractivity contribution is 6.30. The Morgan fingerprint density at radius 3 is 1.77 bits per heavy atom. The van der Waals surface area contributed by atoms with E-state index in [1.54, 1.807) is 0 Å². The molecule has 0 amide bonds. The van der Waals surface area contributed by atoms with E-state index < -0.39 is 0 Å². The summed E-state index contributed by atoms with van der Waals surface area (Å²) < 4.78 is 2.36. The van der Waals surface area contributed by atoms with Crippen molar-refractivity contribution in [3.05, 3.63) is 126 Å². The van der Waals surface area contributed by atoms with Crippen LogP contribution < -0.4 is 0 Å². The van der Waals surface area contributed by atoms with E-state index in [2.05, 4.69) is 115 Å². The molecular weight excluding hydrogens is 398 g/mol. The number of nitrogens with zero attached hydrogens (tertiary/aromatic N) is 1. The van der Waals surface area contributed by atoms with Crippen LogP contribution in [-0.2, 0) is 0 Å². The van der Waals surface area contributed by atoms with Gasteiger partial charge in [0.05, 0.1) is 11.4 Å². The lowest BCUT2D eigenvalue weighted by Crippen LogP contribution is -2.00. The van der Waals surface area contributed by atoms with E-state index in [9.17, 15) is 0 Å². The first-order chi connectivity index (χ1) is 15.2. The van der Waals surface area contributed by atoms with E-state index in [4.69, 9.17) is 11.6 Å². The number of hydrogen-bond acceptors (Lipinski definition) is 0. The van der Waals surface area contributed by atoms with Gasteiger partial charge in [0, 0.05) is 16.3 Å². The van der Waals surface area contributed by atoms with E-state index in [1.807, 2.05) is 12.1 Å². The van der Waals surface area contributed by atoms with E-state index in [0.29, 0.717) is 0 Å². The van der Waals surface area contributed by atoms with Crippen molar-refractivity contribution in [3.8, 4) is 39.3 Å². The van der Waals surface area contributed by atoms with Crippen molar-refractivity contribution in [1.82, 2.24) is 4.57 Å². The zero-order valence-corrected chi connectivity index (χ0v) is 18.1. The lowest BCUT2D eigenvalue weighted by molar-refractivity contribution is 1.09. The molecule has 0 fully saturated rings. The molecule has 150 valence electrons. The number of benzene rings is 4. The van der Waals surface area contributed by atoms with Crippen LogP contribution in [0.1, 0.15) is 5.56 Å². The largest absolute Gasteiger partial charge is 0.309 e. The molecule has 2 heteroatoms. The summed E-state index contributed by atoms with van der Waals surface area (Å²) in [6, 6.07) is 40.3. The van der Waals surface area contributed by atoms with Crippen LogP contribution in [0.5, 0.6) is 0 Å². The van der Waals surface area contributed by atoms with Gasteiger partial charge in [-0.3, -0.25) is 0 Å². The van der Waals surface area contributed by atoms with Gasteiger partial charge < -0.3 is 4.57 Å². The average Bonchev–Trinajstić information content (AvgIpc) is 3.22.